The molecule has 2 unspecified atom stereocenters. The molecule has 0 amide bonds. The maximum atomic E-state index is 9.82. The zero-order valence-corrected chi connectivity index (χ0v) is 19.8. The number of anilines is 1. The Bertz CT molecular complexity index is 1320. The Labute approximate surface area is 203 Å². The fourth-order valence-electron chi connectivity index (χ4n) is 4.66. The number of aromatic hydroxyl groups is 1. The third-order valence-corrected chi connectivity index (χ3v) is 6.63. The van der Waals surface area contributed by atoms with Gasteiger partial charge in [-0.25, -0.2) is 0 Å². The molecule has 0 aliphatic carbocycles. The lowest BCUT2D eigenvalue weighted by atomic mass is 9.96. The third-order valence-electron chi connectivity index (χ3n) is 6.08. The summed E-state index contributed by atoms with van der Waals surface area (Å²) in [5.41, 5.74) is 6.19. The summed E-state index contributed by atoms with van der Waals surface area (Å²) < 4.78 is 2.22. The number of pyridine rings is 1. The van der Waals surface area contributed by atoms with Gasteiger partial charge in [-0.3, -0.25) is 4.98 Å². The molecule has 1 aliphatic rings. The van der Waals surface area contributed by atoms with E-state index in [1.165, 1.54) is 0 Å². The zero-order valence-electron chi connectivity index (χ0n) is 18.2. The summed E-state index contributed by atoms with van der Waals surface area (Å²) in [5, 5.41) is 14.6. The van der Waals surface area contributed by atoms with Crippen LogP contribution in [-0.4, -0.2) is 19.8 Å². The van der Waals surface area contributed by atoms with Crippen molar-refractivity contribution in [2.45, 2.75) is 25.9 Å². The fraction of sp³-hybridized carbons (Fsp3) is 0.154. The van der Waals surface area contributed by atoms with Gasteiger partial charge in [0.25, 0.3) is 0 Å². The van der Waals surface area contributed by atoms with Gasteiger partial charge in [0.15, 0.2) is 5.11 Å². The van der Waals surface area contributed by atoms with E-state index < -0.39 is 0 Å². The van der Waals surface area contributed by atoms with Crippen LogP contribution < -0.4 is 10.2 Å². The van der Waals surface area contributed by atoms with Crippen LogP contribution in [0.4, 0.5) is 5.69 Å². The van der Waals surface area contributed by atoms with E-state index in [4.69, 9.17) is 23.8 Å². The van der Waals surface area contributed by atoms with E-state index in [-0.39, 0.29) is 17.8 Å². The Hall–Kier alpha value is -3.35. The molecule has 5 nitrogen and oxygen atoms in total. The van der Waals surface area contributed by atoms with Crippen LogP contribution in [-0.2, 0) is 0 Å². The zero-order chi connectivity index (χ0) is 23.1. The summed E-state index contributed by atoms with van der Waals surface area (Å²) in [6.45, 7) is 4.22. The second-order valence-corrected chi connectivity index (χ2v) is 8.98. The number of benzene rings is 2. The topological polar surface area (TPSA) is 53.3 Å². The number of hydrogen-bond donors (Lipinski definition) is 2. The summed E-state index contributed by atoms with van der Waals surface area (Å²) in [4.78, 5) is 6.74. The number of aromatic nitrogens is 2. The number of thiocarbonyl (C=S) groups is 1. The highest BCUT2D eigenvalue weighted by Gasteiger charge is 2.42. The first-order chi connectivity index (χ1) is 15.9. The molecule has 4 aromatic rings. The van der Waals surface area contributed by atoms with Crippen molar-refractivity contribution >= 4 is 34.6 Å². The maximum absolute atomic E-state index is 9.82. The van der Waals surface area contributed by atoms with Crippen LogP contribution in [0.1, 0.15) is 34.7 Å². The number of rotatable bonds is 4. The second-order valence-electron chi connectivity index (χ2n) is 8.15. The molecule has 33 heavy (non-hydrogen) atoms. The number of phenolic OH excluding ortho intramolecular Hbond substituents is 1. The molecule has 1 saturated heterocycles. The molecule has 3 heterocycles. The van der Waals surface area contributed by atoms with Gasteiger partial charge in [-0.2, -0.15) is 0 Å². The Morgan fingerprint density at radius 3 is 2.45 bits per heavy atom. The molecule has 0 bridgehead atoms. The lowest BCUT2D eigenvalue weighted by Crippen LogP contribution is -2.29. The minimum absolute atomic E-state index is 0.129. The molecule has 2 aromatic heterocycles. The van der Waals surface area contributed by atoms with Gasteiger partial charge < -0.3 is 19.9 Å². The highest BCUT2D eigenvalue weighted by molar-refractivity contribution is 7.80. The quantitative estimate of drug-likeness (QED) is 0.354. The molecule has 2 atom stereocenters. The molecule has 0 spiro atoms. The van der Waals surface area contributed by atoms with E-state index in [0.717, 1.165) is 34.0 Å². The van der Waals surface area contributed by atoms with Gasteiger partial charge in [-0.05, 0) is 92.3 Å². The predicted molar refractivity (Wildman–Crippen MR) is 136 cm³/mol. The maximum Gasteiger partial charge on any atom is 0.174 e. The largest absolute Gasteiger partial charge is 0.508 e. The number of nitrogens with zero attached hydrogens (tertiary/aromatic N) is 3. The third kappa shape index (κ3) is 3.86. The summed E-state index contributed by atoms with van der Waals surface area (Å²) in [5.74, 6) is 0.216. The molecule has 0 saturated carbocycles. The van der Waals surface area contributed by atoms with Crippen LogP contribution in [0.2, 0.25) is 5.02 Å². The monoisotopic (exact) mass is 474 g/mol. The van der Waals surface area contributed by atoms with Crippen molar-refractivity contribution in [1.82, 2.24) is 14.9 Å². The van der Waals surface area contributed by atoms with Crippen molar-refractivity contribution < 1.29 is 5.11 Å². The van der Waals surface area contributed by atoms with Crippen LogP contribution in [0.3, 0.4) is 0 Å². The van der Waals surface area contributed by atoms with Crippen LogP contribution in [0.15, 0.2) is 79.0 Å². The fourth-order valence-corrected chi connectivity index (χ4v) is 5.19. The van der Waals surface area contributed by atoms with Gasteiger partial charge in [-0.15, -0.1) is 0 Å². The second kappa shape index (κ2) is 8.54. The van der Waals surface area contributed by atoms with E-state index in [1.54, 1.807) is 18.3 Å². The number of phenols is 1. The van der Waals surface area contributed by atoms with Gasteiger partial charge in [-0.1, -0.05) is 23.7 Å². The predicted octanol–water partition coefficient (Wildman–Crippen LogP) is 6.03. The summed E-state index contributed by atoms with van der Waals surface area (Å²) in [7, 11) is 0. The molecule has 0 radical (unpaired) electrons. The van der Waals surface area contributed by atoms with Crippen molar-refractivity contribution in [2.24, 2.45) is 0 Å². The summed E-state index contributed by atoms with van der Waals surface area (Å²) in [6, 6.07) is 22.8. The molecular weight excluding hydrogens is 452 g/mol. The van der Waals surface area contributed by atoms with Gasteiger partial charge in [0.05, 0.1) is 17.8 Å². The molecule has 2 aromatic carbocycles. The van der Waals surface area contributed by atoms with Crippen LogP contribution in [0.5, 0.6) is 5.75 Å². The van der Waals surface area contributed by atoms with Crippen molar-refractivity contribution in [3.8, 4) is 11.4 Å². The minimum atomic E-state index is -0.138. The number of nitrogens with one attached hydrogen (secondary N) is 1. The van der Waals surface area contributed by atoms with Crippen LogP contribution in [0, 0.1) is 13.8 Å². The van der Waals surface area contributed by atoms with Gasteiger partial charge in [0, 0.05) is 34.0 Å². The molecule has 2 N–H and O–H groups in total. The molecule has 1 aliphatic heterocycles. The van der Waals surface area contributed by atoms with Crippen molar-refractivity contribution in [2.75, 3.05) is 4.90 Å². The summed E-state index contributed by atoms with van der Waals surface area (Å²) in [6.07, 6.45) is 1.80. The molecule has 7 heteroatoms. The first kappa shape index (κ1) is 21.5. The SMILES string of the molecule is Cc1cc(C2C(c3ccccn3)NC(=S)N2c2ccc(O)cc2)c(C)n1-c1cccc(Cl)c1. The van der Waals surface area contributed by atoms with E-state index >= 15 is 0 Å². The lowest BCUT2D eigenvalue weighted by Gasteiger charge is -2.28. The molecule has 5 rings (SSSR count). The van der Waals surface area contributed by atoms with Gasteiger partial charge in [0.1, 0.15) is 5.75 Å². The lowest BCUT2D eigenvalue weighted by molar-refractivity contribution is 0.475. The van der Waals surface area contributed by atoms with Gasteiger partial charge >= 0.3 is 0 Å². The van der Waals surface area contributed by atoms with E-state index in [1.807, 2.05) is 48.5 Å². The smallest absolute Gasteiger partial charge is 0.174 e. The highest BCUT2D eigenvalue weighted by atomic mass is 35.5. The molecule has 166 valence electrons. The first-order valence-corrected chi connectivity index (χ1v) is 11.5. The molecular formula is C26H23ClN4OS. The normalized spacial score (nSPS) is 17.9. The van der Waals surface area contributed by atoms with Gasteiger partial charge in [0.2, 0.25) is 0 Å². The van der Waals surface area contributed by atoms with Crippen molar-refractivity contribution in [1.29, 1.82) is 0 Å². The Kier molecular flexibility index (Phi) is 5.56. The minimum Gasteiger partial charge on any atom is -0.508 e. The Morgan fingerprint density at radius 2 is 1.76 bits per heavy atom. The standard InChI is InChI=1S/C26H23ClN4OS/c1-16-14-22(17(2)30(16)20-7-5-6-18(27)15-20)25-24(23-8-3-4-13-28-23)29-26(33)31(25)19-9-11-21(32)12-10-19/h3-15,24-25,32H,1-2H3,(H,29,33). The van der Waals surface area contributed by atoms with Crippen molar-refractivity contribution in [3.63, 3.8) is 0 Å². The number of halogens is 1. The Balaban J connectivity index is 1.68. The van der Waals surface area contributed by atoms with Crippen molar-refractivity contribution in [3.05, 3.63) is 107 Å². The Morgan fingerprint density at radius 1 is 0.970 bits per heavy atom. The van der Waals surface area contributed by atoms with Crippen LogP contribution >= 0.6 is 23.8 Å². The average Bonchev–Trinajstić information content (AvgIpc) is 3.30. The average molecular weight is 475 g/mol. The van der Waals surface area contributed by atoms with E-state index in [9.17, 15) is 5.11 Å². The van der Waals surface area contributed by atoms with E-state index in [2.05, 4.69) is 45.7 Å². The van der Waals surface area contributed by atoms with E-state index in [0.29, 0.717) is 10.1 Å². The first-order valence-electron chi connectivity index (χ1n) is 10.7. The number of hydrogen-bond acceptors (Lipinski definition) is 3. The van der Waals surface area contributed by atoms with Crippen LogP contribution in [0.25, 0.3) is 5.69 Å². The molecule has 1 fully saturated rings. The summed E-state index contributed by atoms with van der Waals surface area (Å²) >= 11 is 12.1. The number of aryl methyl sites for hydroxylation is 1. The highest BCUT2D eigenvalue weighted by Crippen LogP contribution is 2.44.